The summed E-state index contributed by atoms with van der Waals surface area (Å²) >= 11 is 0. The molecule has 3 nitrogen and oxygen atoms in total. The first-order valence-corrected chi connectivity index (χ1v) is 4.86. The maximum Gasteiger partial charge on any atom is 0.117 e. The summed E-state index contributed by atoms with van der Waals surface area (Å²) < 4.78 is 5.18. The van der Waals surface area contributed by atoms with Gasteiger partial charge in [0.15, 0.2) is 0 Å². The average Bonchev–Trinajstić information content (AvgIpc) is 2.63. The van der Waals surface area contributed by atoms with E-state index >= 15 is 0 Å². The predicted octanol–water partition coefficient (Wildman–Crippen LogP) is 1.50. The van der Waals surface area contributed by atoms with Crippen LogP contribution in [-0.4, -0.2) is 13.1 Å². The van der Waals surface area contributed by atoms with Gasteiger partial charge in [-0.2, -0.15) is 0 Å². The summed E-state index contributed by atoms with van der Waals surface area (Å²) in [5.74, 6) is 0.999. The molecule has 0 radical (unpaired) electrons. The topological polar surface area (TPSA) is 51.2 Å². The quantitative estimate of drug-likeness (QED) is 0.628. The summed E-state index contributed by atoms with van der Waals surface area (Å²) in [6.45, 7) is 2.68. The van der Waals surface area contributed by atoms with Crippen molar-refractivity contribution >= 4 is 0 Å². The number of nitrogens with one attached hydrogen (secondary N) is 1. The number of unbranched alkanes of at least 4 members (excludes halogenated alkanes) is 2. The van der Waals surface area contributed by atoms with Crippen molar-refractivity contribution < 1.29 is 4.42 Å². The summed E-state index contributed by atoms with van der Waals surface area (Å²) in [5.41, 5.74) is 5.39. The Labute approximate surface area is 79.3 Å². The maximum atomic E-state index is 5.39. The lowest BCUT2D eigenvalue weighted by Gasteiger charge is -2.01. The van der Waals surface area contributed by atoms with Crippen molar-refractivity contribution in [3.05, 3.63) is 24.2 Å². The van der Waals surface area contributed by atoms with Gasteiger partial charge in [-0.3, -0.25) is 0 Å². The Hall–Kier alpha value is -0.800. The van der Waals surface area contributed by atoms with Crippen LogP contribution >= 0.6 is 0 Å². The normalized spacial score (nSPS) is 10.5. The average molecular weight is 182 g/mol. The lowest BCUT2D eigenvalue weighted by molar-refractivity contribution is 0.478. The molecule has 74 valence electrons. The molecule has 13 heavy (non-hydrogen) atoms. The summed E-state index contributed by atoms with van der Waals surface area (Å²) in [4.78, 5) is 0. The second-order valence-electron chi connectivity index (χ2n) is 3.11. The van der Waals surface area contributed by atoms with Crippen LogP contribution in [0, 0.1) is 0 Å². The van der Waals surface area contributed by atoms with Crippen molar-refractivity contribution in [3.63, 3.8) is 0 Å². The first-order valence-electron chi connectivity index (χ1n) is 4.86. The van der Waals surface area contributed by atoms with Crippen LogP contribution in [0.15, 0.2) is 22.8 Å². The minimum absolute atomic E-state index is 0.804. The molecule has 0 aliphatic heterocycles. The molecule has 0 amide bonds. The summed E-state index contributed by atoms with van der Waals surface area (Å²) in [7, 11) is 0. The molecular formula is C10H18N2O. The van der Waals surface area contributed by atoms with Crippen molar-refractivity contribution in [2.75, 3.05) is 13.1 Å². The van der Waals surface area contributed by atoms with Crippen molar-refractivity contribution in [2.45, 2.75) is 25.8 Å². The van der Waals surface area contributed by atoms with Crippen molar-refractivity contribution in [1.82, 2.24) is 5.32 Å². The molecule has 0 fully saturated rings. The molecule has 0 saturated carbocycles. The highest BCUT2D eigenvalue weighted by Crippen LogP contribution is 1.98. The maximum absolute atomic E-state index is 5.39. The lowest BCUT2D eigenvalue weighted by Crippen LogP contribution is -2.14. The van der Waals surface area contributed by atoms with Gasteiger partial charge in [0, 0.05) is 0 Å². The Balaban J connectivity index is 1.90. The Kier molecular flexibility index (Phi) is 5.29. The van der Waals surface area contributed by atoms with Crippen LogP contribution in [0.2, 0.25) is 0 Å². The molecule has 1 rings (SSSR count). The van der Waals surface area contributed by atoms with E-state index in [4.69, 9.17) is 10.2 Å². The fourth-order valence-electron chi connectivity index (χ4n) is 1.20. The van der Waals surface area contributed by atoms with E-state index in [9.17, 15) is 0 Å². The van der Waals surface area contributed by atoms with Gasteiger partial charge in [-0.25, -0.2) is 0 Å². The first kappa shape index (κ1) is 10.3. The molecule has 0 unspecified atom stereocenters. The number of hydrogen-bond acceptors (Lipinski definition) is 3. The van der Waals surface area contributed by atoms with E-state index in [0.29, 0.717) is 0 Å². The SMILES string of the molecule is NCCCCCNCc1ccco1. The molecule has 1 aromatic heterocycles. The van der Waals surface area contributed by atoms with Crippen LogP contribution in [0.4, 0.5) is 0 Å². The molecule has 1 aromatic rings. The van der Waals surface area contributed by atoms with Gasteiger partial charge in [0.25, 0.3) is 0 Å². The fourth-order valence-corrected chi connectivity index (χ4v) is 1.20. The van der Waals surface area contributed by atoms with Gasteiger partial charge in [0.2, 0.25) is 0 Å². The summed E-state index contributed by atoms with van der Waals surface area (Å²) in [6, 6.07) is 3.89. The Bertz CT molecular complexity index is 197. The molecule has 0 atom stereocenters. The molecule has 0 saturated heterocycles. The molecule has 0 spiro atoms. The summed E-state index contributed by atoms with van der Waals surface area (Å²) in [6.07, 6.45) is 5.23. The van der Waals surface area contributed by atoms with E-state index < -0.39 is 0 Å². The minimum atomic E-state index is 0.804. The zero-order valence-corrected chi connectivity index (χ0v) is 7.96. The Morgan fingerprint density at radius 1 is 1.31 bits per heavy atom. The van der Waals surface area contributed by atoms with E-state index in [0.717, 1.165) is 31.8 Å². The van der Waals surface area contributed by atoms with E-state index in [1.165, 1.54) is 12.8 Å². The third-order valence-electron chi connectivity index (χ3n) is 1.94. The summed E-state index contributed by atoms with van der Waals surface area (Å²) in [5, 5.41) is 3.31. The predicted molar refractivity (Wildman–Crippen MR) is 53.3 cm³/mol. The van der Waals surface area contributed by atoms with Gasteiger partial charge in [-0.15, -0.1) is 0 Å². The van der Waals surface area contributed by atoms with Crippen LogP contribution in [0.25, 0.3) is 0 Å². The van der Waals surface area contributed by atoms with Crippen LogP contribution < -0.4 is 11.1 Å². The number of hydrogen-bond donors (Lipinski definition) is 2. The number of furan rings is 1. The standard InChI is InChI=1S/C10H18N2O/c11-6-2-1-3-7-12-9-10-5-4-8-13-10/h4-5,8,12H,1-3,6-7,9,11H2. The Morgan fingerprint density at radius 2 is 2.23 bits per heavy atom. The van der Waals surface area contributed by atoms with Crippen LogP contribution in [-0.2, 0) is 6.54 Å². The van der Waals surface area contributed by atoms with E-state index in [2.05, 4.69) is 5.32 Å². The Morgan fingerprint density at radius 3 is 2.92 bits per heavy atom. The second-order valence-corrected chi connectivity index (χ2v) is 3.11. The largest absolute Gasteiger partial charge is 0.468 e. The first-order chi connectivity index (χ1) is 6.43. The highest BCUT2D eigenvalue weighted by atomic mass is 16.3. The molecule has 0 bridgehead atoms. The van der Waals surface area contributed by atoms with Gasteiger partial charge >= 0.3 is 0 Å². The zero-order chi connectivity index (χ0) is 9.36. The third-order valence-corrected chi connectivity index (χ3v) is 1.94. The van der Waals surface area contributed by atoms with E-state index in [-0.39, 0.29) is 0 Å². The molecule has 0 aliphatic rings. The lowest BCUT2D eigenvalue weighted by atomic mass is 10.2. The second kappa shape index (κ2) is 6.69. The van der Waals surface area contributed by atoms with Crippen LogP contribution in [0.5, 0.6) is 0 Å². The molecule has 3 heteroatoms. The van der Waals surface area contributed by atoms with Gasteiger partial charge in [-0.05, 0) is 38.1 Å². The van der Waals surface area contributed by atoms with Crippen LogP contribution in [0.3, 0.4) is 0 Å². The number of rotatable bonds is 7. The highest BCUT2D eigenvalue weighted by molar-refractivity contribution is 4.97. The van der Waals surface area contributed by atoms with Crippen molar-refractivity contribution in [2.24, 2.45) is 5.73 Å². The van der Waals surface area contributed by atoms with Gasteiger partial charge in [-0.1, -0.05) is 6.42 Å². The van der Waals surface area contributed by atoms with E-state index in [1.807, 2.05) is 12.1 Å². The smallest absolute Gasteiger partial charge is 0.117 e. The van der Waals surface area contributed by atoms with E-state index in [1.54, 1.807) is 6.26 Å². The van der Waals surface area contributed by atoms with Crippen molar-refractivity contribution in [3.8, 4) is 0 Å². The van der Waals surface area contributed by atoms with Crippen molar-refractivity contribution in [1.29, 1.82) is 0 Å². The van der Waals surface area contributed by atoms with Gasteiger partial charge in [0.05, 0.1) is 12.8 Å². The van der Waals surface area contributed by atoms with Gasteiger partial charge < -0.3 is 15.5 Å². The highest BCUT2D eigenvalue weighted by Gasteiger charge is 1.93. The van der Waals surface area contributed by atoms with Crippen LogP contribution in [0.1, 0.15) is 25.0 Å². The molecule has 1 heterocycles. The zero-order valence-electron chi connectivity index (χ0n) is 7.96. The number of nitrogens with two attached hydrogens (primary N) is 1. The molecule has 0 aromatic carbocycles. The molecule has 0 aliphatic carbocycles. The molecule has 3 N–H and O–H groups in total. The van der Waals surface area contributed by atoms with Gasteiger partial charge in [0.1, 0.15) is 5.76 Å². The minimum Gasteiger partial charge on any atom is -0.468 e. The third kappa shape index (κ3) is 4.70. The monoisotopic (exact) mass is 182 g/mol. The fraction of sp³-hybridized carbons (Fsp3) is 0.600. The molecular weight excluding hydrogens is 164 g/mol.